The van der Waals surface area contributed by atoms with Crippen molar-refractivity contribution in [1.82, 2.24) is 5.06 Å². The molecule has 0 atom stereocenters. The molecule has 2 N–H and O–H groups in total. The van der Waals surface area contributed by atoms with Gasteiger partial charge in [-0.3, -0.25) is 18.9 Å². The first-order valence-corrected chi connectivity index (χ1v) is 12.3. The van der Waals surface area contributed by atoms with E-state index < -0.39 is 37.5 Å². The summed E-state index contributed by atoms with van der Waals surface area (Å²) in [5.41, 5.74) is 2.14. The molecule has 11 heteroatoms. The van der Waals surface area contributed by atoms with Gasteiger partial charge in [0.15, 0.2) is 0 Å². The molecule has 1 saturated heterocycles. The molecule has 0 spiro atoms. The van der Waals surface area contributed by atoms with Crippen LogP contribution in [0.2, 0.25) is 0 Å². The van der Waals surface area contributed by atoms with E-state index in [1.807, 2.05) is 24.3 Å². The van der Waals surface area contributed by atoms with Gasteiger partial charge in [-0.05, 0) is 43.2 Å². The molecule has 1 aliphatic heterocycles. The molecular weight excluding hydrogens is 441 g/mol. The maximum absolute atomic E-state index is 11.8. The van der Waals surface area contributed by atoms with Crippen LogP contribution in [0.15, 0.2) is 24.3 Å². The van der Waals surface area contributed by atoms with E-state index in [4.69, 9.17) is 19.4 Å². The molecule has 1 heterocycles. The van der Waals surface area contributed by atoms with Crippen molar-refractivity contribution in [2.24, 2.45) is 0 Å². The van der Waals surface area contributed by atoms with Crippen molar-refractivity contribution in [3.8, 4) is 0 Å². The topological polar surface area (TPSA) is 148 Å². The minimum atomic E-state index is -4.16. The summed E-state index contributed by atoms with van der Waals surface area (Å²) in [6.07, 6.45) is 3.17. The first-order chi connectivity index (χ1) is 15.1. The molecule has 2 rings (SSSR count). The summed E-state index contributed by atoms with van der Waals surface area (Å²) in [6, 6.07) is 7.87. The second kappa shape index (κ2) is 12.5. The number of esters is 1. The van der Waals surface area contributed by atoms with Crippen LogP contribution in [0.4, 0.5) is 0 Å². The Morgan fingerprint density at radius 2 is 1.53 bits per heavy atom. The molecule has 1 fully saturated rings. The maximum Gasteiger partial charge on any atom is 0.333 e. The Labute approximate surface area is 186 Å². The number of unbranched alkanes of at least 4 members (excludes halogenated alkanes) is 1. The average molecular weight is 469 g/mol. The lowest BCUT2D eigenvalue weighted by Gasteiger charge is -2.12. The minimum absolute atomic E-state index is 0.0697. The van der Waals surface area contributed by atoms with Gasteiger partial charge in [0.05, 0.1) is 6.16 Å². The Hall–Kier alpha value is -2.55. The predicted molar refractivity (Wildman–Crippen MR) is 112 cm³/mol. The van der Waals surface area contributed by atoms with E-state index in [-0.39, 0.29) is 32.3 Å². The summed E-state index contributed by atoms with van der Waals surface area (Å²) in [6.45, 7) is -0.295. The third kappa shape index (κ3) is 9.72. The lowest BCUT2D eigenvalue weighted by Crippen LogP contribution is -2.31. The number of carbonyl (C=O) groups is 4. The van der Waals surface area contributed by atoms with Gasteiger partial charge in [-0.15, -0.1) is 5.06 Å². The molecule has 2 amide bonds. The smallest absolute Gasteiger partial charge is 0.333 e. The molecule has 0 saturated carbocycles. The zero-order chi connectivity index (χ0) is 23.6. The molecule has 0 aromatic heterocycles. The second-order valence-corrected chi connectivity index (χ2v) is 9.31. The number of amides is 2. The van der Waals surface area contributed by atoms with Crippen LogP contribution in [0, 0.1) is 0 Å². The normalized spacial score (nSPS) is 14.0. The monoisotopic (exact) mass is 469 g/mol. The zero-order valence-electron chi connectivity index (χ0n) is 17.7. The molecule has 0 unspecified atom stereocenters. The predicted octanol–water partition coefficient (Wildman–Crippen LogP) is 2.05. The first-order valence-electron chi connectivity index (χ1n) is 10.5. The number of benzene rings is 1. The highest BCUT2D eigenvalue weighted by Crippen LogP contribution is 2.33. The molecule has 176 valence electrons. The highest BCUT2D eigenvalue weighted by atomic mass is 31.2. The van der Waals surface area contributed by atoms with E-state index in [2.05, 4.69) is 0 Å². The number of hydrogen-bond acceptors (Lipinski definition) is 7. The number of hydrogen-bond donors (Lipinski definition) is 2. The summed E-state index contributed by atoms with van der Waals surface area (Å²) in [5, 5.41) is 0.555. The molecule has 0 radical (unpaired) electrons. The van der Waals surface area contributed by atoms with Crippen molar-refractivity contribution in [2.45, 2.75) is 57.8 Å². The summed E-state index contributed by atoms with van der Waals surface area (Å²) in [4.78, 5) is 68.6. The largest absolute Gasteiger partial charge is 0.465 e. The van der Waals surface area contributed by atoms with Gasteiger partial charge in [-0.2, -0.15) is 0 Å². The van der Waals surface area contributed by atoms with Gasteiger partial charge < -0.3 is 19.4 Å². The van der Waals surface area contributed by atoms with Crippen LogP contribution in [0.3, 0.4) is 0 Å². The molecule has 1 aromatic carbocycles. The number of ether oxygens (including phenoxy) is 1. The van der Waals surface area contributed by atoms with E-state index in [0.717, 1.165) is 24.0 Å². The van der Waals surface area contributed by atoms with Crippen molar-refractivity contribution in [3.05, 3.63) is 35.4 Å². The number of aryl methyl sites for hydroxylation is 2. The summed E-state index contributed by atoms with van der Waals surface area (Å²) in [7, 11) is -4.16. The van der Waals surface area contributed by atoms with Gasteiger partial charge >= 0.3 is 19.5 Å². The average Bonchev–Trinajstić information content (AvgIpc) is 3.02. The van der Waals surface area contributed by atoms with E-state index in [0.29, 0.717) is 24.3 Å². The Morgan fingerprint density at radius 1 is 0.938 bits per heavy atom. The number of rotatable bonds is 13. The fourth-order valence-corrected chi connectivity index (χ4v) is 3.46. The highest BCUT2D eigenvalue weighted by Gasteiger charge is 2.32. The van der Waals surface area contributed by atoms with Crippen LogP contribution >= 0.6 is 7.60 Å². The van der Waals surface area contributed by atoms with Gasteiger partial charge in [-0.25, -0.2) is 4.79 Å². The van der Waals surface area contributed by atoms with Gasteiger partial charge in [0.1, 0.15) is 6.61 Å². The van der Waals surface area contributed by atoms with E-state index >= 15 is 0 Å². The fourth-order valence-electron chi connectivity index (χ4n) is 3.13. The van der Waals surface area contributed by atoms with Crippen molar-refractivity contribution in [3.63, 3.8) is 0 Å². The molecule has 1 aromatic rings. The van der Waals surface area contributed by atoms with Gasteiger partial charge in [-0.1, -0.05) is 24.3 Å². The van der Waals surface area contributed by atoms with E-state index in [9.17, 15) is 23.7 Å². The highest BCUT2D eigenvalue weighted by molar-refractivity contribution is 7.51. The van der Waals surface area contributed by atoms with Gasteiger partial charge in [0, 0.05) is 25.7 Å². The van der Waals surface area contributed by atoms with Crippen molar-refractivity contribution in [2.75, 3.05) is 12.8 Å². The summed E-state index contributed by atoms with van der Waals surface area (Å²) >= 11 is 0. The third-order valence-electron chi connectivity index (χ3n) is 4.78. The molecule has 0 bridgehead atoms. The molecule has 32 heavy (non-hydrogen) atoms. The Morgan fingerprint density at radius 3 is 2.16 bits per heavy atom. The third-order valence-corrected chi connectivity index (χ3v) is 5.54. The summed E-state index contributed by atoms with van der Waals surface area (Å²) in [5.74, 6) is -2.07. The van der Waals surface area contributed by atoms with Crippen LogP contribution in [0.25, 0.3) is 0 Å². The van der Waals surface area contributed by atoms with Crippen LogP contribution in [0.5, 0.6) is 0 Å². The van der Waals surface area contributed by atoms with Crippen LogP contribution in [0.1, 0.15) is 56.1 Å². The number of hydroxylamine groups is 2. The van der Waals surface area contributed by atoms with Crippen molar-refractivity contribution >= 4 is 31.3 Å². The standard InChI is InChI=1S/C21H28NO9P/c23-18-11-12-19(24)22(18)31-21(26)9-2-1-5-16-6-3-7-17(15-16)8-4-10-20(25)30-13-14-32(27,28)29/h3,6-7,15H,1-2,4-5,8-14H2,(H2,27,28,29). The maximum atomic E-state index is 11.8. The minimum Gasteiger partial charge on any atom is -0.465 e. The molecule has 10 nitrogen and oxygen atoms in total. The molecule has 0 aliphatic carbocycles. The van der Waals surface area contributed by atoms with Crippen molar-refractivity contribution in [1.29, 1.82) is 0 Å². The van der Waals surface area contributed by atoms with Gasteiger partial charge in [0.2, 0.25) is 0 Å². The zero-order valence-corrected chi connectivity index (χ0v) is 18.6. The molecular formula is C21H28NO9P. The lowest BCUT2D eigenvalue weighted by atomic mass is 10.0. The Kier molecular flexibility index (Phi) is 10.0. The Bertz CT molecular complexity index is 864. The number of carbonyl (C=O) groups excluding carboxylic acids is 4. The second-order valence-electron chi connectivity index (χ2n) is 7.53. The van der Waals surface area contributed by atoms with E-state index in [1.54, 1.807) is 0 Å². The quantitative estimate of drug-likeness (QED) is 0.192. The van der Waals surface area contributed by atoms with Crippen molar-refractivity contribution < 1.29 is 43.1 Å². The van der Waals surface area contributed by atoms with Crippen LogP contribution in [-0.4, -0.2) is 51.4 Å². The van der Waals surface area contributed by atoms with Gasteiger partial charge in [0.25, 0.3) is 11.8 Å². The SMILES string of the molecule is O=C(CCCc1cccc(CCCCC(=O)ON2C(=O)CCC2=O)c1)OCCP(=O)(O)O. The summed E-state index contributed by atoms with van der Waals surface area (Å²) < 4.78 is 15.5. The fraction of sp³-hybridized carbons (Fsp3) is 0.524. The Balaban J connectivity index is 1.62. The number of nitrogens with zero attached hydrogens (tertiary/aromatic N) is 1. The lowest BCUT2D eigenvalue weighted by molar-refractivity contribution is -0.197. The van der Waals surface area contributed by atoms with E-state index in [1.165, 1.54) is 0 Å². The van der Waals surface area contributed by atoms with Crippen LogP contribution < -0.4 is 0 Å². The van der Waals surface area contributed by atoms with Crippen LogP contribution in [-0.2, 0) is 46.2 Å². The number of imide groups is 1. The molecule has 1 aliphatic rings. The first kappa shape index (κ1) is 25.7.